The van der Waals surface area contributed by atoms with E-state index in [4.69, 9.17) is 11.2 Å². The van der Waals surface area contributed by atoms with Gasteiger partial charge in [0.1, 0.15) is 10.6 Å². The smallest absolute Gasteiger partial charge is 0.254 e. The monoisotopic (exact) mass is 400 g/mol. The SMILES string of the molecule is C#CCN(Cc1ccc(C)cc1)C(=O)c1ccc(OC)c(S(=O)(=O)N(C)C)c1. The average Bonchev–Trinajstić information content (AvgIpc) is 2.68. The zero-order valence-electron chi connectivity index (χ0n) is 16.5. The second-order valence-corrected chi connectivity index (χ2v) is 8.62. The minimum absolute atomic E-state index is 0.0677. The molecule has 0 atom stereocenters. The number of carbonyl (C=O) groups is 1. The van der Waals surface area contributed by atoms with Gasteiger partial charge in [-0.25, -0.2) is 12.7 Å². The van der Waals surface area contributed by atoms with E-state index < -0.39 is 10.0 Å². The number of aryl methyl sites for hydroxylation is 1. The highest BCUT2D eigenvalue weighted by Gasteiger charge is 2.25. The lowest BCUT2D eigenvalue weighted by Crippen LogP contribution is -2.31. The van der Waals surface area contributed by atoms with Crippen molar-refractivity contribution in [1.29, 1.82) is 0 Å². The lowest BCUT2D eigenvalue weighted by Gasteiger charge is -2.22. The van der Waals surface area contributed by atoms with Crippen LogP contribution in [0.2, 0.25) is 0 Å². The van der Waals surface area contributed by atoms with Crippen LogP contribution in [0.15, 0.2) is 47.4 Å². The van der Waals surface area contributed by atoms with E-state index in [1.54, 1.807) is 0 Å². The Bertz CT molecular complexity index is 990. The van der Waals surface area contributed by atoms with Gasteiger partial charge in [-0.2, -0.15) is 0 Å². The van der Waals surface area contributed by atoms with E-state index in [2.05, 4.69) is 5.92 Å². The summed E-state index contributed by atoms with van der Waals surface area (Å²) in [7, 11) is 0.446. The van der Waals surface area contributed by atoms with Gasteiger partial charge in [0.25, 0.3) is 5.91 Å². The van der Waals surface area contributed by atoms with Crippen molar-refractivity contribution in [2.75, 3.05) is 27.7 Å². The van der Waals surface area contributed by atoms with Gasteiger partial charge in [-0.15, -0.1) is 6.42 Å². The van der Waals surface area contributed by atoms with Crippen molar-refractivity contribution in [3.8, 4) is 18.1 Å². The second kappa shape index (κ2) is 8.91. The molecule has 0 aliphatic heterocycles. The molecule has 2 rings (SSSR count). The molecule has 6 nitrogen and oxygen atoms in total. The topological polar surface area (TPSA) is 66.9 Å². The summed E-state index contributed by atoms with van der Waals surface area (Å²) in [6.07, 6.45) is 5.44. The van der Waals surface area contributed by atoms with E-state index in [-0.39, 0.29) is 28.7 Å². The number of hydrogen-bond acceptors (Lipinski definition) is 4. The first-order chi connectivity index (χ1) is 13.2. The van der Waals surface area contributed by atoms with Crippen molar-refractivity contribution in [3.05, 3.63) is 59.2 Å². The lowest BCUT2D eigenvalue weighted by atomic mass is 10.1. The van der Waals surface area contributed by atoms with Crippen molar-refractivity contribution in [3.63, 3.8) is 0 Å². The zero-order valence-corrected chi connectivity index (χ0v) is 17.3. The molecule has 0 aliphatic rings. The first-order valence-corrected chi connectivity index (χ1v) is 10.0. The molecule has 0 fully saturated rings. The molecule has 0 spiro atoms. The van der Waals surface area contributed by atoms with Crippen LogP contribution in [0.4, 0.5) is 0 Å². The van der Waals surface area contributed by atoms with E-state index in [0.717, 1.165) is 15.4 Å². The molecule has 0 aromatic heterocycles. The summed E-state index contributed by atoms with van der Waals surface area (Å²) in [5.41, 5.74) is 2.28. The van der Waals surface area contributed by atoms with E-state index in [0.29, 0.717) is 6.54 Å². The fourth-order valence-corrected chi connectivity index (χ4v) is 3.69. The number of sulfonamides is 1. The summed E-state index contributed by atoms with van der Waals surface area (Å²) in [6, 6.07) is 12.1. The third kappa shape index (κ3) is 4.71. The summed E-state index contributed by atoms with van der Waals surface area (Å²) < 4.78 is 31.4. The molecule has 0 aliphatic carbocycles. The number of terminal acetylenes is 1. The number of carbonyl (C=O) groups excluding carboxylic acids is 1. The van der Waals surface area contributed by atoms with Crippen molar-refractivity contribution in [2.24, 2.45) is 0 Å². The predicted octanol–water partition coefficient (Wildman–Crippen LogP) is 2.53. The molecule has 2 aromatic carbocycles. The van der Waals surface area contributed by atoms with Gasteiger partial charge in [-0.3, -0.25) is 4.79 Å². The fourth-order valence-electron chi connectivity index (χ4n) is 2.61. The Morgan fingerprint density at radius 2 is 1.79 bits per heavy atom. The Labute approximate surface area is 166 Å². The number of nitrogens with zero attached hydrogens (tertiary/aromatic N) is 2. The summed E-state index contributed by atoms with van der Waals surface area (Å²) >= 11 is 0. The molecule has 0 radical (unpaired) electrons. The van der Waals surface area contributed by atoms with Crippen LogP contribution in [0, 0.1) is 19.3 Å². The van der Waals surface area contributed by atoms with Crippen molar-refractivity contribution >= 4 is 15.9 Å². The van der Waals surface area contributed by atoms with Crippen LogP contribution >= 0.6 is 0 Å². The summed E-state index contributed by atoms with van der Waals surface area (Å²) in [4.78, 5) is 14.5. The number of benzene rings is 2. The van der Waals surface area contributed by atoms with Crippen LogP contribution in [0.3, 0.4) is 0 Å². The second-order valence-electron chi connectivity index (χ2n) is 6.50. The standard InChI is InChI=1S/C21H24N2O4S/c1-6-13-23(15-17-9-7-16(2)8-10-17)21(24)18-11-12-19(27-5)20(14-18)28(25,26)22(3)4/h1,7-12,14H,13,15H2,2-5H3. The van der Waals surface area contributed by atoms with Gasteiger partial charge in [0.2, 0.25) is 10.0 Å². The van der Waals surface area contributed by atoms with Crippen LogP contribution < -0.4 is 4.74 Å². The molecule has 0 heterocycles. The van der Waals surface area contributed by atoms with Gasteiger partial charge in [-0.1, -0.05) is 35.7 Å². The van der Waals surface area contributed by atoms with Gasteiger partial charge in [0.15, 0.2) is 0 Å². The number of methoxy groups -OCH3 is 1. The molecule has 28 heavy (non-hydrogen) atoms. The van der Waals surface area contributed by atoms with Crippen LogP contribution in [0.5, 0.6) is 5.75 Å². The van der Waals surface area contributed by atoms with E-state index >= 15 is 0 Å². The number of ether oxygens (including phenoxy) is 1. The molecular formula is C21H24N2O4S. The fraction of sp³-hybridized carbons (Fsp3) is 0.286. The Hall–Kier alpha value is -2.82. The minimum Gasteiger partial charge on any atom is -0.495 e. The first kappa shape index (κ1) is 21.5. The zero-order chi connectivity index (χ0) is 20.9. The molecule has 2 aromatic rings. The lowest BCUT2D eigenvalue weighted by molar-refractivity contribution is 0.0765. The maximum absolute atomic E-state index is 13.0. The molecule has 1 amide bonds. The third-order valence-corrected chi connectivity index (χ3v) is 6.07. The van der Waals surface area contributed by atoms with Crippen molar-refractivity contribution < 1.29 is 17.9 Å². The highest BCUT2D eigenvalue weighted by molar-refractivity contribution is 7.89. The average molecular weight is 401 g/mol. The first-order valence-electron chi connectivity index (χ1n) is 8.59. The summed E-state index contributed by atoms with van der Waals surface area (Å²) in [5, 5.41) is 0. The van der Waals surface area contributed by atoms with E-state index in [1.165, 1.54) is 44.3 Å². The summed E-state index contributed by atoms with van der Waals surface area (Å²) in [6.45, 7) is 2.41. The molecular weight excluding hydrogens is 376 g/mol. The number of amides is 1. The van der Waals surface area contributed by atoms with Crippen molar-refractivity contribution in [2.45, 2.75) is 18.4 Å². The normalized spacial score (nSPS) is 11.1. The highest BCUT2D eigenvalue weighted by Crippen LogP contribution is 2.27. The number of rotatable bonds is 7. The molecule has 0 unspecified atom stereocenters. The molecule has 148 valence electrons. The molecule has 0 N–H and O–H groups in total. The third-order valence-electron chi connectivity index (χ3n) is 4.23. The highest BCUT2D eigenvalue weighted by atomic mass is 32.2. The Balaban J connectivity index is 2.42. The maximum Gasteiger partial charge on any atom is 0.254 e. The molecule has 0 bridgehead atoms. The van der Waals surface area contributed by atoms with Crippen LogP contribution in [-0.2, 0) is 16.6 Å². The minimum atomic E-state index is -3.78. The van der Waals surface area contributed by atoms with E-state index in [9.17, 15) is 13.2 Å². The summed E-state index contributed by atoms with van der Waals surface area (Å²) in [5.74, 6) is 2.31. The Morgan fingerprint density at radius 1 is 1.14 bits per heavy atom. The molecule has 7 heteroatoms. The van der Waals surface area contributed by atoms with Crippen LogP contribution in [0.1, 0.15) is 21.5 Å². The Morgan fingerprint density at radius 3 is 2.32 bits per heavy atom. The van der Waals surface area contributed by atoms with Gasteiger partial charge in [-0.05, 0) is 30.7 Å². The molecule has 0 saturated heterocycles. The van der Waals surface area contributed by atoms with Crippen LogP contribution in [0.25, 0.3) is 0 Å². The quantitative estimate of drug-likeness (QED) is 0.670. The Kier molecular flexibility index (Phi) is 6.84. The van der Waals surface area contributed by atoms with E-state index in [1.807, 2.05) is 31.2 Å². The number of hydrogen-bond donors (Lipinski definition) is 0. The van der Waals surface area contributed by atoms with Crippen LogP contribution in [-0.4, -0.2) is 51.3 Å². The van der Waals surface area contributed by atoms with Crippen molar-refractivity contribution in [1.82, 2.24) is 9.21 Å². The van der Waals surface area contributed by atoms with Gasteiger partial charge >= 0.3 is 0 Å². The maximum atomic E-state index is 13.0. The largest absolute Gasteiger partial charge is 0.495 e. The molecule has 0 saturated carbocycles. The van der Waals surface area contributed by atoms with Gasteiger partial charge < -0.3 is 9.64 Å². The van der Waals surface area contributed by atoms with Gasteiger partial charge in [0, 0.05) is 26.2 Å². The van der Waals surface area contributed by atoms with Gasteiger partial charge in [0.05, 0.1) is 13.7 Å². The predicted molar refractivity (Wildman–Crippen MR) is 109 cm³/mol.